The molecule has 2 aromatic rings. The van der Waals surface area contributed by atoms with Gasteiger partial charge in [0.25, 0.3) is 0 Å². The lowest BCUT2D eigenvalue weighted by atomic mass is 10.0. The van der Waals surface area contributed by atoms with Crippen molar-refractivity contribution in [3.63, 3.8) is 0 Å². The second-order valence-electron chi connectivity index (χ2n) is 5.98. The Labute approximate surface area is 145 Å². The molecule has 0 saturated carbocycles. The van der Waals surface area contributed by atoms with Gasteiger partial charge in [0.2, 0.25) is 0 Å². The van der Waals surface area contributed by atoms with Crippen LogP contribution in [-0.4, -0.2) is 36.5 Å². The first kappa shape index (κ1) is 16.5. The van der Waals surface area contributed by atoms with Crippen LogP contribution in [0.2, 0.25) is 5.02 Å². The maximum absolute atomic E-state index is 14.2. The van der Waals surface area contributed by atoms with E-state index in [4.69, 9.17) is 11.6 Å². The molecule has 0 radical (unpaired) electrons. The van der Waals surface area contributed by atoms with Gasteiger partial charge in [0.15, 0.2) is 0 Å². The van der Waals surface area contributed by atoms with Crippen molar-refractivity contribution in [1.29, 1.82) is 0 Å². The number of amides is 2. The number of urea groups is 1. The van der Waals surface area contributed by atoms with Crippen molar-refractivity contribution >= 4 is 23.2 Å². The Kier molecular flexibility index (Phi) is 4.58. The summed E-state index contributed by atoms with van der Waals surface area (Å²) in [5, 5.41) is 0.473. The monoisotopic (exact) mass is 344 g/mol. The second-order valence-corrected chi connectivity index (χ2v) is 6.41. The molecule has 0 saturated heterocycles. The molecule has 1 aliphatic heterocycles. The van der Waals surface area contributed by atoms with Crippen LogP contribution in [0.1, 0.15) is 17.2 Å². The molecule has 1 atom stereocenters. The van der Waals surface area contributed by atoms with Crippen LogP contribution in [0.3, 0.4) is 0 Å². The normalized spacial score (nSPS) is 16.9. The van der Waals surface area contributed by atoms with E-state index in [1.807, 2.05) is 36.4 Å². The Hall–Kier alpha value is -2.33. The fourth-order valence-electron chi connectivity index (χ4n) is 2.90. The zero-order valence-electron chi connectivity index (χ0n) is 13.5. The molecule has 2 aromatic carbocycles. The van der Waals surface area contributed by atoms with E-state index in [0.29, 0.717) is 17.1 Å². The molecule has 0 aliphatic carbocycles. The minimum Gasteiger partial charge on any atom is -0.331 e. The third-order valence-corrected chi connectivity index (χ3v) is 4.31. The van der Waals surface area contributed by atoms with E-state index in [-0.39, 0.29) is 17.9 Å². The lowest BCUT2D eigenvalue weighted by Gasteiger charge is -2.28. The van der Waals surface area contributed by atoms with Gasteiger partial charge in [-0.1, -0.05) is 48.0 Å². The molecule has 24 heavy (non-hydrogen) atoms. The molecule has 0 unspecified atom stereocenters. The van der Waals surface area contributed by atoms with Crippen molar-refractivity contribution < 1.29 is 9.18 Å². The van der Waals surface area contributed by atoms with Crippen LogP contribution in [0.15, 0.2) is 54.6 Å². The molecule has 0 bridgehead atoms. The van der Waals surface area contributed by atoms with Crippen LogP contribution >= 0.6 is 11.6 Å². The minimum absolute atomic E-state index is 0.113. The molecule has 5 heteroatoms. The SMILES string of the molecule is CN(C)C(=O)N1CC(c2cc(Cl)ccc2F)=C[C@H]1c1ccccc1. The highest BCUT2D eigenvalue weighted by atomic mass is 35.5. The van der Waals surface area contributed by atoms with Gasteiger partial charge in [-0.25, -0.2) is 9.18 Å². The summed E-state index contributed by atoms with van der Waals surface area (Å²) in [4.78, 5) is 15.8. The summed E-state index contributed by atoms with van der Waals surface area (Å²) in [6, 6.07) is 13.9. The first-order valence-corrected chi connectivity index (χ1v) is 8.04. The molecule has 1 aliphatic rings. The van der Waals surface area contributed by atoms with Gasteiger partial charge in [-0.2, -0.15) is 0 Å². The maximum atomic E-state index is 14.2. The minimum atomic E-state index is -0.336. The highest BCUT2D eigenvalue weighted by Crippen LogP contribution is 2.36. The molecular weight excluding hydrogens is 327 g/mol. The van der Waals surface area contributed by atoms with Crippen molar-refractivity contribution in [2.45, 2.75) is 6.04 Å². The van der Waals surface area contributed by atoms with Crippen molar-refractivity contribution in [1.82, 2.24) is 9.80 Å². The zero-order valence-corrected chi connectivity index (χ0v) is 14.3. The second kappa shape index (κ2) is 6.65. The third-order valence-electron chi connectivity index (χ3n) is 4.08. The van der Waals surface area contributed by atoms with Crippen LogP contribution < -0.4 is 0 Å². The van der Waals surface area contributed by atoms with Gasteiger partial charge in [0.1, 0.15) is 5.82 Å². The number of rotatable bonds is 2. The predicted octanol–water partition coefficient (Wildman–Crippen LogP) is 4.60. The lowest BCUT2D eigenvalue weighted by molar-refractivity contribution is 0.170. The van der Waals surface area contributed by atoms with Gasteiger partial charge in [-0.05, 0) is 29.3 Å². The summed E-state index contributed by atoms with van der Waals surface area (Å²) in [7, 11) is 3.42. The Morgan fingerprint density at radius 2 is 1.92 bits per heavy atom. The highest BCUT2D eigenvalue weighted by Gasteiger charge is 2.32. The van der Waals surface area contributed by atoms with Gasteiger partial charge in [-0.15, -0.1) is 0 Å². The number of carbonyl (C=O) groups is 1. The Morgan fingerprint density at radius 1 is 1.21 bits per heavy atom. The van der Waals surface area contributed by atoms with Gasteiger partial charge in [-0.3, -0.25) is 0 Å². The lowest BCUT2D eigenvalue weighted by Crippen LogP contribution is -2.39. The van der Waals surface area contributed by atoms with Crippen molar-refractivity contribution in [2.24, 2.45) is 0 Å². The Morgan fingerprint density at radius 3 is 2.58 bits per heavy atom. The fraction of sp³-hybridized carbons (Fsp3) is 0.211. The summed E-state index contributed by atoms with van der Waals surface area (Å²) < 4.78 is 14.2. The van der Waals surface area contributed by atoms with E-state index in [1.54, 1.807) is 25.1 Å². The predicted molar refractivity (Wildman–Crippen MR) is 94.4 cm³/mol. The van der Waals surface area contributed by atoms with Gasteiger partial charge < -0.3 is 9.80 Å². The Balaban J connectivity index is 2.03. The molecule has 3 rings (SSSR count). The summed E-state index contributed by atoms with van der Waals surface area (Å²) in [6.07, 6.45) is 1.94. The average Bonchev–Trinajstić information content (AvgIpc) is 3.02. The van der Waals surface area contributed by atoms with Crippen LogP contribution in [0, 0.1) is 5.82 Å². The molecule has 0 N–H and O–H groups in total. The number of nitrogens with zero attached hydrogens (tertiary/aromatic N) is 2. The Bertz CT molecular complexity index is 789. The van der Waals surface area contributed by atoms with E-state index < -0.39 is 0 Å². The van der Waals surface area contributed by atoms with Crippen LogP contribution in [0.5, 0.6) is 0 Å². The van der Waals surface area contributed by atoms with Crippen LogP contribution in [0.4, 0.5) is 9.18 Å². The zero-order chi connectivity index (χ0) is 17.3. The summed E-state index contributed by atoms with van der Waals surface area (Å²) in [5.74, 6) is -0.336. The van der Waals surface area contributed by atoms with Gasteiger partial charge in [0, 0.05) is 31.2 Å². The van der Waals surface area contributed by atoms with Crippen molar-refractivity contribution in [3.8, 4) is 0 Å². The fourth-order valence-corrected chi connectivity index (χ4v) is 3.08. The molecule has 124 valence electrons. The van der Waals surface area contributed by atoms with E-state index >= 15 is 0 Å². The number of benzene rings is 2. The first-order chi connectivity index (χ1) is 11.5. The first-order valence-electron chi connectivity index (χ1n) is 7.66. The topological polar surface area (TPSA) is 23.6 Å². The van der Waals surface area contributed by atoms with Crippen molar-refractivity contribution in [3.05, 3.63) is 76.6 Å². The maximum Gasteiger partial charge on any atom is 0.320 e. The standard InChI is InChI=1S/C19H18ClFN2O/c1-22(2)19(24)23-12-14(16-11-15(20)8-9-17(16)21)10-18(23)13-6-4-3-5-7-13/h3-11,18H,12H2,1-2H3/t18-/m0/s1. The van der Waals surface area contributed by atoms with Crippen molar-refractivity contribution in [2.75, 3.05) is 20.6 Å². The smallest absolute Gasteiger partial charge is 0.320 e. The summed E-state index contributed by atoms with van der Waals surface area (Å²) >= 11 is 6.02. The number of hydrogen-bond acceptors (Lipinski definition) is 1. The molecule has 3 nitrogen and oxygen atoms in total. The number of halogens is 2. The summed E-state index contributed by atoms with van der Waals surface area (Å²) in [5.41, 5.74) is 2.20. The average molecular weight is 345 g/mol. The summed E-state index contributed by atoms with van der Waals surface area (Å²) in [6.45, 7) is 0.341. The van der Waals surface area contributed by atoms with E-state index in [9.17, 15) is 9.18 Å². The van der Waals surface area contributed by atoms with Crippen LogP contribution in [-0.2, 0) is 0 Å². The number of carbonyl (C=O) groups excluding carboxylic acids is 1. The molecule has 0 spiro atoms. The third kappa shape index (κ3) is 3.15. The molecule has 0 aromatic heterocycles. The van der Waals surface area contributed by atoms with E-state index in [0.717, 1.165) is 11.1 Å². The van der Waals surface area contributed by atoms with Crippen LogP contribution in [0.25, 0.3) is 5.57 Å². The quantitative estimate of drug-likeness (QED) is 0.781. The van der Waals surface area contributed by atoms with E-state index in [2.05, 4.69) is 0 Å². The largest absolute Gasteiger partial charge is 0.331 e. The highest BCUT2D eigenvalue weighted by molar-refractivity contribution is 6.30. The molecular formula is C19H18ClFN2O. The van der Waals surface area contributed by atoms with Gasteiger partial charge in [0.05, 0.1) is 6.04 Å². The van der Waals surface area contributed by atoms with Gasteiger partial charge >= 0.3 is 6.03 Å². The van der Waals surface area contributed by atoms with E-state index in [1.165, 1.54) is 17.0 Å². The molecule has 2 amide bonds. The molecule has 1 heterocycles. The number of hydrogen-bond donors (Lipinski definition) is 0. The molecule has 0 fully saturated rings.